The summed E-state index contributed by atoms with van der Waals surface area (Å²) in [5.41, 5.74) is 8.26. The number of nitrogens with two attached hydrogens (primary N) is 1. The molecule has 0 radical (unpaired) electrons. The Bertz CT molecular complexity index is 1210. The molecule has 0 spiro atoms. The first kappa shape index (κ1) is 17.7. The molecule has 0 saturated heterocycles. The van der Waals surface area contributed by atoms with Crippen LogP contribution in [0.3, 0.4) is 0 Å². The van der Waals surface area contributed by atoms with Gasteiger partial charge in [0.15, 0.2) is 5.65 Å². The van der Waals surface area contributed by atoms with E-state index in [2.05, 4.69) is 20.3 Å². The molecule has 0 bridgehead atoms. The molecule has 0 fully saturated rings. The standard InChI is InChI=1S/C19H15ClN8/c1-11(26-17-14(9-21)16(22)24-10-25-17)18-27-15-6-3-7-23-19(15)28(18)13-5-2-4-12(20)8-13/h2-8,10-11H,1H3,(H3,22,24,25,26)/t11-/m0/s1. The fraction of sp³-hybridized carbons (Fsp3) is 0.105. The van der Waals surface area contributed by atoms with E-state index in [9.17, 15) is 5.26 Å². The lowest BCUT2D eigenvalue weighted by atomic mass is 10.2. The van der Waals surface area contributed by atoms with Crippen molar-refractivity contribution in [1.29, 1.82) is 5.26 Å². The number of hydrogen-bond donors (Lipinski definition) is 2. The fourth-order valence-corrected chi connectivity index (χ4v) is 3.16. The van der Waals surface area contributed by atoms with Crippen LogP contribution in [0.25, 0.3) is 16.9 Å². The Kier molecular flexibility index (Phi) is 4.51. The zero-order valence-electron chi connectivity index (χ0n) is 14.8. The smallest absolute Gasteiger partial charge is 0.164 e. The third-order valence-electron chi connectivity index (χ3n) is 4.24. The van der Waals surface area contributed by atoms with Crippen LogP contribution in [0.5, 0.6) is 0 Å². The number of rotatable bonds is 4. The van der Waals surface area contributed by atoms with E-state index in [1.807, 2.05) is 54.0 Å². The van der Waals surface area contributed by atoms with E-state index in [1.165, 1.54) is 6.33 Å². The normalized spacial score (nSPS) is 11.9. The Morgan fingerprint density at radius 3 is 2.86 bits per heavy atom. The van der Waals surface area contributed by atoms with Gasteiger partial charge in [0.1, 0.15) is 40.9 Å². The van der Waals surface area contributed by atoms with E-state index in [4.69, 9.17) is 22.3 Å². The largest absolute Gasteiger partial charge is 0.382 e. The molecule has 138 valence electrons. The van der Waals surface area contributed by atoms with E-state index in [-0.39, 0.29) is 17.4 Å². The number of fused-ring (bicyclic) bond motifs is 1. The van der Waals surface area contributed by atoms with Gasteiger partial charge in [-0.1, -0.05) is 17.7 Å². The topological polar surface area (TPSA) is 118 Å². The van der Waals surface area contributed by atoms with Crippen LogP contribution in [0.4, 0.5) is 11.6 Å². The predicted octanol–water partition coefficient (Wildman–Crippen LogP) is 3.49. The van der Waals surface area contributed by atoms with Gasteiger partial charge in [-0.05, 0) is 37.3 Å². The zero-order valence-corrected chi connectivity index (χ0v) is 15.6. The highest BCUT2D eigenvalue weighted by Crippen LogP contribution is 2.28. The van der Waals surface area contributed by atoms with Gasteiger partial charge >= 0.3 is 0 Å². The number of nitrogen functional groups attached to an aromatic ring is 1. The minimum Gasteiger partial charge on any atom is -0.382 e. The Hall–Kier alpha value is -3.70. The van der Waals surface area contributed by atoms with Gasteiger partial charge in [-0.2, -0.15) is 5.26 Å². The second-order valence-corrected chi connectivity index (χ2v) is 6.53. The molecule has 0 aliphatic heterocycles. The summed E-state index contributed by atoms with van der Waals surface area (Å²) in [6, 6.07) is 12.9. The van der Waals surface area contributed by atoms with Gasteiger partial charge in [-0.25, -0.2) is 19.9 Å². The van der Waals surface area contributed by atoms with E-state index in [0.29, 0.717) is 22.3 Å². The Morgan fingerprint density at radius 2 is 2.07 bits per heavy atom. The van der Waals surface area contributed by atoms with E-state index >= 15 is 0 Å². The van der Waals surface area contributed by atoms with Gasteiger partial charge in [0.25, 0.3) is 0 Å². The summed E-state index contributed by atoms with van der Waals surface area (Å²) in [5, 5.41) is 13.2. The number of aromatic nitrogens is 5. The van der Waals surface area contributed by atoms with Crippen LogP contribution in [-0.2, 0) is 0 Å². The first-order valence-corrected chi connectivity index (χ1v) is 8.82. The second kappa shape index (κ2) is 7.13. The van der Waals surface area contributed by atoms with Gasteiger partial charge in [-0.3, -0.25) is 4.57 Å². The van der Waals surface area contributed by atoms with Crippen molar-refractivity contribution in [3.8, 4) is 11.8 Å². The van der Waals surface area contributed by atoms with Crippen molar-refractivity contribution in [2.24, 2.45) is 0 Å². The van der Waals surface area contributed by atoms with Crippen molar-refractivity contribution in [2.75, 3.05) is 11.1 Å². The summed E-state index contributed by atoms with van der Waals surface area (Å²) in [6.45, 7) is 1.92. The lowest BCUT2D eigenvalue weighted by Crippen LogP contribution is -2.15. The molecule has 28 heavy (non-hydrogen) atoms. The molecule has 3 heterocycles. The highest BCUT2D eigenvalue weighted by atomic mass is 35.5. The summed E-state index contributed by atoms with van der Waals surface area (Å²) in [5.74, 6) is 1.16. The van der Waals surface area contributed by atoms with Crippen LogP contribution in [0.2, 0.25) is 5.02 Å². The number of anilines is 2. The number of nitriles is 1. The second-order valence-electron chi connectivity index (χ2n) is 6.09. The van der Waals surface area contributed by atoms with Crippen molar-refractivity contribution < 1.29 is 0 Å². The van der Waals surface area contributed by atoms with E-state index in [0.717, 1.165) is 11.2 Å². The summed E-state index contributed by atoms with van der Waals surface area (Å²) >= 11 is 6.19. The Balaban J connectivity index is 1.84. The van der Waals surface area contributed by atoms with Crippen molar-refractivity contribution >= 4 is 34.4 Å². The molecule has 1 aromatic carbocycles. The molecule has 3 N–H and O–H groups in total. The van der Waals surface area contributed by atoms with Crippen LogP contribution < -0.4 is 11.1 Å². The minimum atomic E-state index is -0.311. The third-order valence-corrected chi connectivity index (χ3v) is 4.47. The lowest BCUT2D eigenvalue weighted by Gasteiger charge is -2.17. The molecule has 3 aromatic heterocycles. The molecule has 4 rings (SSSR count). The monoisotopic (exact) mass is 390 g/mol. The zero-order chi connectivity index (χ0) is 19.7. The number of benzene rings is 1. The third kappa shape index (κ3) is 3.08. The maximum absolute atomic E-state index is 9.36. The Morgan fingerprint density at radius 1 is 1.21 bits per heavy atom. The summed E-state index contributed by atoms with van der Waals surface area (Å²) < 4.78 is 1.93. The van der Waals surface area contributed by atoms with E-state index in [1.54, 1.807) is 6.20 Å². The van der Waals surface area contributed by atoms with Crippen LogP contribution in [0.15, 0.2) is 48.9 Å². The van der Waals surface area contributed by atoms with Gasteiger partial charge in [-0.15, -0.1) is 0 Å². The number of nitrogens with zero attached hydrogens (tertiary/aromatic N) is 6. The van der Waals surface area contributed by atoms with Crippen molar-refractivity contribution in [3.63, 3.8) is 0 Å². The number of halogens is 1. The maximum Gasteiger partial charge on any atom is 0.164 e. The maximum atomic E-state index is 9.36. The van der Waals surface area contributed by atoms with Gasteiger partial charge in [0.2, 0.25) is 0 Å². The first-order valence-electron chi connectivity index (χ1n) is 8.45. The number of imidazole rings is 1. The van der Waals surface area contributed by atoms with Crippen LogP contribution >= 0.6 is 11.6 Å². The van der Waals surface area contributed by atoms with Crippen LogP contribution in [-0.4, -0.2) is 24.5 Å². The van der Waals surface area contributed by atoms with Gasteiger partial charge in [0.05, 0.1) is 11.7 Å². The quantitative estimate of drug-likeness (QED) is 0.547. The Labute approximate surface area is 165 Å². The summed E-state index contributed by atoms with van der Waals surface area (Å²) in [6.07, 6.45) is 3.03. The molecule has 0 amide bonds. The highest BCUT2D eigenvalue weighted by Gasteiger charge is 2.21. The molecule has 9 heteroatoms. The first-order chi connectivity index (χ1) is 13.6. The average molecular weight is 391 g/mol. The molecular formula is C19H15ClN8. The molecule has 8 nitrogen and oxygen atoms in total. The van der Waals surface area contributed by atoms with Crippen LogP contribution in [0.1, 0.15) is 24.4 Å². The molecule has 0 aliphatic rings. The molecule has 0 saturated carbocycles. The number of nitrogens with one attached hydrogen (secondary N) is 1. The lowest BCUT2D eigenvalue weighted by molar-refractivity contribution is 0.765. The fourth-order valence-electron chi connectivity index (χ4n) is 2.98. The molecule has 0 unspecified atom stereocenters. The van der Waals surface area contributed by atoms with Gasteiger partial charge < -0.3 is 11.1 Å². The average Bonchev–Trinajstić information content (AvgIpc) is 3.08. The predicted molar refractivity (Wildman–Crippen MR) is 107 cm³/mol. The summed E-state index contributed by atoms with van der Waals surface area (Å²) in [7, 11) is 0. The molecule has 0 aliphatic carbocycles. The minimum absolute atomic E-state index is 0.122. The van der Waals surface area contributed by atoms with E-state index < -0.39 is 0 Å². The van der Waals surface area contributed by atoms with Crippen molar-refractivity contribution in [3.05, 3.63) is 65.3 Å². The highest BCUT2D eigenvalue weighted by molar-refractivity contribution is 6.30. The van der Waals surface area contributed by atoms with Crippen LogP contribution in [0, 0.1) is 11.3 Å². The summed E-state index contributed by atoms with van der Waals surface area (Å²) in [4.78, 5) is 17.2. The molecular weight excluding hydrogens is 376 g/mol. The van der Waals surface area contributed by atoms with Crippen molar-refractivity contribution in [2.45, 2.75) is 13.0 Å². The number of pyridine rings is 1. The van der Waals surface area contributed by atoms with Crippen molar-refractivity contribution in [1.82, 2.24) is 24.5 Å². The number of hydrogen-bond acceptors (Lipinski definition) is 7. The molecule has 1 atom stereocenters. The SMILES string of the molecule is C[C@H](Nc1ncnc(N)c1C#N)c1nc2cccnc2n1-c1cccc(Cl)c1. The molecule has 4 aromatic rings. The van der Waals surface area contributed by atoms with Gasteiger partial charge in [0, 0.05) is 11.2 Å².